The molecule has 4 aromatic carbocycles. The lowest BCUT2D eigenvalue weighted by atomic mass is 9.98. The minimum absolute atomic E-state index is 0.0577. The molecule has 172 valence electrons. The van der Waals surface area contributed by atoms with E-state index in [1.54, 1.807) is 30.3 Å². The molecule has 0 aromatic heterocycles. The Kier molecular flexibility index (Phi) is 6.94. The number of benzene rings is 4. The molecule has 0 bridgehead atoms. The van der Waals surface area contributed by atoms with Crippen LogP contribution in [0.1, 0.15) is 39.5 Å². The maximum absolute atomic E-state index is 12.4. The van der Waals surface area contributed by atoms with Crippen LogP contribution in [0, 0.1) is 0 Å². The summed E-state index contributed by atoms with van der Waals surface area (Å²) >= 11 is 9.45. The standard InChI is InChI=1S/C30H22BrClN2O/c31-25-13-9-23(10-14-25)29-20-28(22-4-2-1-3-5-22)33-34(29)27-17-6-21(7-18-27)8-19-30(35)24-11-15-26(32)16-12-24/h1-19,29H,20H2/b19-8-. The zero-order valence-corrected chi connectivity index (χ0v) is 21.2. The highest BCUT2D eigenvalue weighted by molar-refractivity contribution is 9.10. The second kappa shape index (κ2) is 10.4. The number of allylic oxidation sites excluding steroid dienone is 1. The van der Waals surface area contributed by atoms with E-state index in [1.807, 2.05) is 36.4 Å². The summed E-state index contributed by atoms with van der Waals surface area (Å²) in [6.45, 7) is 0. The first kappa shape index (κ1) is 23.3. The third-order valence-electron chi connectivity index (χ3n) is 5.99. The average molecular weight is 542 g/mol. The van der Waals surface area contributed by atoms with Crippen molar-refractivity contribution >= 4 is 50.8 Å². The molecule has 1 atom stereocenters. The average Bonchev–Trinajstić information content (AvgIpc) is 3.34. The van der Waals surface area contributed by atoms with Crippen molar-refractivity contribution in [3.63, 3.8) is 0 Å². The number of carbonyl (C=O) groups is 1. The third kappa shape index (κ3) is 5.45. The lowest BCUT2D eigenvalue weighted by Crippen LogP contribution is -2.18. The molecule has 4 aromatic rings. The van der Waals surface area contributed by atoms with E-state index in [-0.39, 0.29) is 11.8 Å². The van der Waals surface area contributed by atoms with Gasteiger partial charge in [-0.05, 0) is 71.3 Å². The summed E-state index contributed by atoms with van der Waals surface area (Å²) in [6.07, 6.45) is 4.24. The molecule has 0 amide bonds. The maximum atomic E-state index is 12.4. The normalized spacial score (nSPS) is 15.4. The van der Waals surface area contributed by atoms with Gasteiger partial charge in [0.05, 0.1) is 17.4 Å². The first-order valence-corrected chi connectivity index (χ1v) is 12.5. The summed E-state index contributed by atoms with van der Waals surface area (Å²) in [5, 5.41) is 7.72. The molecule has 0 N–H and O–H groups in total. The topological polar surface area (TPSA) is 32.7 Å². The largest absolute Gasteiger partial charge is 0.289 e. The molecule has 0 radical (unpaired) electrons. The molecule has 0 saturated heterocycles. The molecule has 35 heavy (non-hydrogen) atoms. The monoisotopic (exact) mass is 540 g/mol. The fourth-order valence-electron chi connectivity index (χ4n) is 4.12. The van der Waals surface area contributed by atoms with Gasteiger partial charge in [-0.25, -0.2) is 0 Å². The van der Waals surface area contributed by atoms with Gasteiger partial charge in [0.2, 0.25) is 0 Å². The highest BCUT2D eigenvalue weighted by Gasteiger charge is 2.29. The lowest BCUT2D eigenvalue weighted by molar-refractivity contribution is 0.104. The summed E-state index contributed by atoms with van der Waals surface area (Å²) in [7, 11) is 0. The minimum atomic E-state index is -0.0577. The van der Waals surface area contributed by atoms with Gasteiger partial charge < -0.3 is 0 Å². The van der Waals surface area contributed by atoms with Crippen molar-refractivity contribution in [3.05, 3.63) is 141 Å². The van der Waals surface area contributed by atoms with Gasteiger partial charge in [0.15, 0.2) is 5.78 Å². The number of rotatable bonds is 6. The van der Waals surface area contributed by atoms with Crippen molar-refractivity contribution in [2.24, 2.45) is 5.10 Å². The van der Waals surface area contributed by atoms with E-state index in [2.05, 4.69) is 69.5 Å². The van der Waals surface area contributed by atoms with Gasteiger partial charge >= 0.3 is 0 Å². The van der Waals surface area contributed by atoms with Gasteiger partial charge in [0.25, 0.3) is 0 Å². The molecule has 5 rings (SSSR count). The molecule has 0 saturated carbocycles. The van der Waals surface area contributed by atoms with Crippen LogP contribution in [0.25, 0.3) is 6.08 Å². The number of carbonyl (C=O) groups excluding carboxylic acids is 1. The van der Waals surface area contributed by atoms with Crippen LogP contribution in [-0.4, -0.2) is 11.5 Å². The van der Waals surface area contributed by atoms with E-state index < -0.39 is 0 Å². The second-order valence-corrected chi connectivity index (χ2v) is 9.68. The summed E-state index contributed by atoms with van der Waals surface area (Å²) in [6, 6.07) is 33.9. The van der Waals surface area contributed by atoms with Gasteiger partial charge in [0, 0.05) is 21.5 Å². The Morgan fingerprint density at radius 2 is 1.57 bits per heavy atom. The summed E-state index contributed by atoms with van der Waals surface area (Å²) < 4.78 is 1.05. The first-order chi connectivity index (χ1) is 17.1. The Hall–Kier alpha value is -3.47. The van der Waals surface area contributed by atoms with Crippen LogP contribution in [0.15, 0.2) is 119 Å². The molecule has 1 aliphatic rings. The molecule has 3 nitrogen and oxygen atoms in total. The van der Waals surface area contributed by atoms with Crippen molar-refractivity contribution in [2.45, 2.75) is 12.5 Å². The molecule has 1 heterocycles. The molecule has 1 unspecified atom stereocenters. The number of anilines is 1. The van der Waals surface area contributed by atoms with E-state index in [1.165, 1.54) is 5.56 Å². The van der Waals surface area contributed by atoms with Gasteiger partial charge in [0.1, 0.15) is 0 Å². The number of halogens is 2. The molecule has 0 fully saturated rings. The summed E-state index contributed by atoms with van der Waals surface area (Å²) in [5.74, 6) is -0.0577. The fourth-order valence-corrected chi connectivity index (χ4v) is 4.51. The van der Waals surface area contributed by atoms with Gasteiger partial charge in [-0.2, -0.15) is 5.10 Å². The van der Waals surface area contributed by atoms with Crippen LogP contribution in [0.5, 0.6) is 0 Å². The van der Waals surface area contributed by atoms with Gasteiger partial charge in [-0.1, -0.05) is 88.2 Å². The van der Waals surface area contributed by atoms with Crippen LogP contribution >= 0.6 is 27.5 Å². The number of ketones is 1. The van der Waals surface area contributed by atoms with Crippen molar-refractivity contribution in [3.8, 4) is 0 Å². The molecular weight excluding hydrogens is 520 g/mol. The molecule has 0 aliphatic carbocycles. The number of hydrogen-bond donors (Lipinski definition) is 0. The Morgan fingerprint density at radius 3 is 2.26 bits per heavy atom. The first-order valence-electron chi connectivity index (χ1n) is 11.3. The Bertz CT molecular complexity index is 1380. The second-order valence-electron chi connectivity index (χ2n) is 8.32. The van der Waals surface area contributed by atoms with Crippen LogP contribution < -0.4 is 5.01 Å². The Balaban J connectivity index is 1.39. The highest BCUT2D eigenvalue weighted by Crippen LogP contribution is 2.37. The smallest absolute Gasteiger partial charge is 0.185 e. The molecule has 0 spiro atoms. The van der Waals surface area contributed by atoms with E-state index in [0.29, 0.717) is 10.6 Å². The van der Waals surface area contributed by atoms with Crippen LogP contribution in [0.4, 0.5) is 5.69 Å². The quantitative estimate of drug-likeness (QED) is 0.181. The molecule has 1 aliphatic heterocycles. The predicted molar refractivity (Wildman–Crippen MR) is 148 cm³/mol. The van der Waals surface area contributed by atoms with E-state index >= 15 is 0 Å². The number of hydrogen-bond acceptors (Lipinski definition) is 3. The molecular formula is C30H22BrClN2O. The minimum Gasteiger partial charge on any atom is -0.289 e. The summed E-state index contributed by atoms with van der Waals surface area (Å²) in [4.78, 5) is 12.4. The Morgan fingerprint density at radius 1 is 0.886 bits per heavy atom. The Labute approximate surface area is 218 Å². The maximum Gasteiger partial charge on any atom is 0.185 e. The zero-order chi connectivity index (χ0) is 24.2. The molecule has 5 heteroatoms. The lowest BCUT2D eigenvalue weighted by Gasteiger charge is -2.24. The van der Waals surface area contributed by atoms with Crippen molar-refractivity contribution in [1.82, 2.24) is 0 Å². The predicted octanol–water partition coefficient (Wildman–Crippen LogP) is 8.35. The van der Waals surface area contributed by atoms with E-state index in [0.717, 1.165) is 33.4 Å². The van der Waals surface area contributed by atoms with Gasteiger partial charge in [-0.3, -0.25) is 9.80 Å². The number of nitrogens with zero attached hydrogens (tertiary/aromatic N) is 2. The van der Waals surface area contributed by atoms with Crippen molar-refractivity contribution < 1.29 is 4.79 Å². The SMILES string of the molecule is O=C(/C=C\c1ccc(N2N=C(c3ccccc3)CC2c2ccc(Br)cc2)cc1)c1ccc(Cl)cc1. The fraction of sp³-hybridized carbons (Fsp3) is 0.0667. The van der Waals surface area contributed by atoms with Crippen LogP contribution in [0.2, 0.25) is 5.02 Å². The summed E-state index contributed by atoms with van der Waals surface area (Å²) in [5.41, 5.74) is 5.97. The van der Waals surface area contributed by atoms with Gasteiger partial charge in [-0.15, -0.1) is 0 Å². The van der Waals surface area contributed by atoms with Crippen LogP contribution in [-0.2, 0) is 0 Å². The number of hydrazone groups is 1. The van der Waals surface area contributed by atoms with Crippen LogP contribution in [0.3, 0.4) is 0 Å². The van der Waals surface area contributed by atoms with E-state index in [9.17, 15) is 4.79 Å². The highest BCUT2D eigenvalue weighted by atomic mass is 79.9. The third-order valence-corrected chi connectivity index (χ3v) is 6.77. The zero-order valence-electron chi connectivity index (χ0n) is 18.8. The van der Waals surface area contributed by atoms with E-state index in [4.69, 9.17) is 16.7 Å². The van der Waals surface area contributed by atoms with Crippen molar-refractivity contribution in [1.29, 1.82) is 0 Å². The van der Waals surface area contributed by atoms with Crippen molar-refractivity contribution in [2.75, 3.05) is 5.01 Å².